The van der Waals surface area contributed by atoms with Crippen LogP contribution in [0.3, 0.4) is 0 Å². The molecule has 2 heterocycles. The number of rotatable bonds is 1. The first-order valence-corrected chi connectivity index (χ1v) is 5.63. The van der Waals surface area contributed by atoms with E-state index < -0.39 is 0 Å². The van der Waals surface area contributed by atoms with E-state index in [1.165, 1.54) is 10.4 Å². The van der Waals surface area contributed by atoms with Crippen LogP contribution in [0.2, 0.25) is 0 Å². The summed E-state index contributed by atoms with van der Waals surface area (Å²) >= 11 is 3.69. The molecule has 0 spiro atoms. The van der Waals surface area contributed by atoms with E-state index in [-0.39, 0.29) is 0 Å². The molecule has 2 aromatic rings. The molecule has 0 fully saturated rings. The van der Waals surface area contributed by atoms with E-state index in [1.54, 1.807) is 11.3 Å². The van der Waals surface area contributed by atoms with E-state index in [0.29, 0.717) is 9.79 Å². The summed E-state index contributed by atoms with van der Waals surface area (Å²) in [6, 6.07) is 2.07. The van der Waals surface area contributed by atoms with Gasteiger partial charge in [0.05, 0.1) is 4.88 Å². The normalized spacial score (nSPS) is 10.7. The molecular weight excluding hydrogens is 299 g/mol. The minimum Gasteiger partial charge on any atom is -0.411 e. The summed E-state index contributed by atoms with van der Waals surface area (Å²) in [6.07, 6.45) is 0. The Morgan fingerprint density at radius 1 is 1.38 bits per heavy atom. The molecule has 2 rings (SSSR count). The number of hydrogen-bond donors (Lipinski definition) is 0. The monoisotopic (exact) mass is 306 g/mol. The fourth-order valence-corrected chi connectivity index (χ4v) is 2.26. The second-order valence-corrected chi connectivity index (χ2v) is 4.89. The molecule has 0 aliphatic heterocycles. The Balaban J connectivity index is 2.46. The Morgan fingerprint density at radius 3 is 2.62 bits per heavy atom. The average molecular weight is 306 g/mol. The lowest BCUT2D eigenvalue weighted by atomic mass is 10.3. The molecule has 0 saturated carbocycles. The molecule has 13 heavy (non-hydrogen) atoms. The number of halogens is 1. The second kappa shape index (κ2) is 3.38. The van der Waals surface area contributed by atoms with E-state index in [1.807, 2.05) is 22.6 Å². The van der Waals surface area contributed by atoms with Crippen LogP contribution in [0, 0.1) is 17.7 Å². The molecule has 0 aromatic carbocycles. The largest absolute Gasteiger partial charge is 0.411 e. The number of aryl methyl sites for hydroxylation is 2. The molecule has 5 heteroatoms. The van der Waals surface area contributed by atoms with Gasteiger partial charge in [-0.15, -0.1) is 21.5 Å². The van der Waals surface area contributed by atoms with Crippen molar-refractivity contribution in [2.24, 2.45) is 0 Å². The fraction of sp³-hybridized carbons (Fsp3) is 0.250. The molecule has 0 bridgehead atoms. The minimum atomic E-state index is 0.580. The first kappa shape index (κ1) is 9.14. The van der Waals surface area contributed by atoms with Crippen LogP contribution in [0.4, 0.5) is 0 Å². The SMILES string of the molecule is Cc1cc(-c2nnc(I)o2)sc1C. The van der Waals surface area contributed by atoms with Crippen molar-refractivity contribution in [2.45, 2.75) is 13.8 Å². The van der Waals surface area contributed by atoms with Gasteiger partial charge in [0.1, 0.15) is 0 Å². The number of thiophene rings is 1. The summed E-state index contributed by atoms with van der Waals surface area (Å²) in [4.78, 5) is 2.34. The van der Waals surface area contributed by atoms with Crippen molar-refractivity contribution in [3.05, 3.63) is 20.4 Å². The van der Waals surface area contributed by atoms with E-state index in [9.17, 15) is 0 Å². The predicted molar refractivity (Wildman–Crippen MR) is 59.8 cm³/mol. The lowest BCUT2D eigenvalue weighted by Crippen LogP contribution is -1.70. The molecule has 2 aromatic heterocycles. The van der Waals surface area contributed by atoms with Gasteiger partial charge < -0.3 is 4.42 Å². The molecular formula is C8H7IN2OS. The maximum atomic E-state index is 5.31. The lowest BCUT2D eigenvalue weighted by molar-refractivity contribution is 0.538. The van der Waals surface area contributed by atoms with Crippen LogP contribution in [0.25, 0.3) is 10.8 Å². The van der Waals surface area contributed by atoms with Crippen molar-refractivity contribution in [3.63, 3.8) is 0 Å². The molecule has 3 nitrogen and oxygen atoms in total. The van der Waals surface area contributed by atoms with E-state index in [4.69, 9.17) is 4.42 Å². The van der Waals surface area contributed by atoms with Crippen LogP contribution in [-0.2, 0) is 0 Å². The highest BCUT2D eigenvalue weighted by Gasteiger charge is 2.10. The van der Waals surface area contributed by atoms with Crippen molar-refractivity contribution in [1.82, 2.24) is 10.2 Å². The maximum absolute atomic E-state index is 5.31. The molecule has 0 amide bonds. The van der Waals surface area contributed by atoms with Crippen molar-refractivity contribution < 1.29 is 4.42 Å². The Bertz CT molecular complexity index is 416. The van der Waals surface area contributed by atoms with Crippen LogP contribution < -0.4 is 0 Å². The third kappa shape index (κ3) is 1.76. The van der Waals surface area contributed by atoms with E-state index in [0.717, 1.165) is 4.88 Å². The maximum Gasteiger partial charge on any atom is 0.278 e. The highest BCUT2D eigenvalue weighted by Crippen LogP contribution is 2.29. The average Bonchev–Trinajstić information content (AvgIpc) is 2.61. The number of hydrogen-bond acceptors (Lipinski definition) is 4. The van der Waals surface area contributed by atoms with Gasteiger partial charge >= 0.3 is 0 Å². The third-order valence-electron chi connectivity index (χ3n) is 1.78. The van der Waals surface area contributed by atoms with Crippen molar-refractivity contribution >= 4 is 33.9 Å². The molecule has 0 aliphatic carbocycles. The third-order valence-corrected chi connectivity index (χ3v) is 3.35. The van der Waals surface area contributed by atoms with E-state index >= 15 is 0 Å². The molecule has 0 saturated heterocycles. The van der Waals surface area contributed by atoms with Crippen LogP contribution in [0.15, 0.2) is 10.5 Å². The van der Waals surface area contributed by atoms with Gasteiger partial charge in [0.2, 0.25) is 0 Å². The van der Waals surface area contributed by atoms with Gasteiger partial charge in [-0.1, -0.05) is 0 Å². The predicted octanol–water partition coefficient (Wildman–Crippen LogP) is 3.02. The zero-order valence-corrected chi connectivity index (χ0v) is 10.1. The Labute approximate surface area is 93.3 Å². The van der Waals surface area contributed by atoms with Crippen molar-refractivity contribution in [2.75, 3.05) is 0 Å². The summed E-state index contributed by atoms with van der Waals surface area (Å²) in [6.45, 7) is 4.17. The van der Waals surface area contributed by atoms with Gasteiger partial charge in [-0.25, -0.2) is 0 Å². The zero-order valence-electron chi connectivity index (χ0n) is 7.17. The highest BCUT2D eigenvalue weighted by molar-refractivity contribution is 14.1. The Hall–Kier alpha value is -0.430. The first-order chi connectivity index (χ1) is 6.16. The standard InChI is InChI=1S/C8H7IN2OS/c1-4-3-6(13-5(4)2)7-10-11-8(9)12-7/h3H,1-2H3. The van der Waals surface area contributed by atoms with Crippen molar-refractivity contribution in [3.8, 4) is 10.8 Å². The van der Waals surface area contributed by atoms with Gasteiger partial charge in [0, 0.05) is 27.5 Å². The highest BCUT2D eigenvalue weighted by atomic mass is 127. The first-order valence-electron chi connectivity index (χ1n) is 3.73. The molecule has 0 aliphatic rings. The summed E-state index contributed by atoms with van der Waals surface area (Å²) in [5.74, 6) is 0.616. The molecule has 0 radical (unpaired) electrons. The zero-order chi connectivity index (χ0) is 9.42. The van der Waals surface area contributed by atoms with Crippen molar-refractivity contribution in [1.29, 1.82) is 0 Å². The fourth-order valence-electron chi connectivity index (χ4n) is 0.983. The van der Waals surface area contributed by atoms with Gasteiger partial charge in [0.15, 0.2) is 0 Å². The smallest absolute Gasteiger partial charge is 0.278 e. The van der Waals surface area contributed by atoms with Crippen LogP contribution >= 0.6 is 33.9 Å². The second-order valence-electron chi connectivity index (χ2n) is 2.71. The molecule has 0 atom stereocenters. The van der Waals surface area contributed by atoms with Crippen LogP contribution in [0.1, 0.15) is 10.4 Å². The quantitative estimate of drug-likeness (QED) is 0.760. The summed E-state index contributed by atoms with van der Waals surface area (Å²) < 4.78 is 5.89. The lowest BCUT2D eigenvalue weighted by Gasteiger charge is -1.83. The summed E-state index contributed by atoms with van der Waals surface area (Å²) in [5, 5.41) is 7.74. The van der Waals surface area contributed by atoms with Crippen LogP contribution in [-0.4, -0.2) is 10.2 Å². The molecule has 68 valence electrons. The molecule has 0 N–H and O–H groups in total. The number of aromatic nitrogens is 2. The topological polar surface area (TPSA) is 38.9 Å². The summed E-state index contributed by atoms with van der Waals surface area (Å²) in [5.41, 5.74) is 1.27. The van der Waals surface area contributed by atoms with Crippen LogP contribution in [0.5, 0.6) is 0 Å². The van der Waals surface area contributed by atoms with Gasteiger partial charge in [-0.05, 0) is 25.5 Å². The number of nitrogens with zero attached hydrogens (tertiary/aromatic N) is 2. The van der Waals surface area contributed by atoms with Gasteiger partial charge in [0.25, 0.3) is 9.79 Å². The van der Waals surface area contributed by atoms with Gasteiger partial charge in [-0.2, -0.15) is 0 Å². The Morgan fingerprint density at radius 2 is 2.15 bits per heavy atom. The minimum absolute atomic E-state index is 0.580. The molecule has 0 unspecified atom stereocenters. The Kier molecular flexibility index (Phi) is 2.37. The van der Waals surface area contributed by atoms with Gasteiger partial charge in [-0.3, -0.25) is 0 Å². The van der Waals surface area contributed by atoms with E-state index in [2.05, 4.69) is 30.1 Å². The summed E-state index contributed by atoms with van der Waals surface area (Å²) in [7, 11) is 0.